The minimum absolute atomic E-state index is 0.00877. The van der Waals surface area contributed by atoms with Gasteiger partial charge in [0.05, 0.1) is 0 Å². The molecule has 0 saturated heterocycles. The molecule has 1 atom stereocenters. The number of aliphatic hydroxyl groups is 1. The molecule has 3 N–H and O–H groups in total. The predicted molar refractivity (Wildman–Crippen MR) is 48.0 cm³/mol. The van der Waals surface area contributed by atoms with Crippen LogP contribution in [-0.2, 0) is 9.53 Å². The van der Waals surface area contributed by atoms with Crippen LogP contribution in [0.25, 0.3) is 0 Å². The Morgan fingerprint density at radius 3 is 2.62 bits per heavy atom. The van der Waals surface area contributed by atoms with Crippen LogP contribution in [0.15, 0.2) is 0 Å². The highest BCUT2D eigenvalue weighted by Crippen LogP contribution is 2.22. The Balaban J connectivity index is 2.39. The molecule has 76 valence electrons. The first-order valence-corrected chi connectivity index (χ1v) is 4.70. The smallest absolute Gasteiger partial charge is 0.339 e. The Morgan fingerprint density at radius 2 is 2.15 bits per heavy atom. The first-order chi connectivity index (χ1) is 6.06. The van der Waals surface area contributed by atoms with Crippen LogP contribution >= 0.6 is 0 Å². The van der Waals surface area contributed by atoms with E-state index >= 15 is 0 Å². The molecule has 0 heterocycles. The van der Waals surface area contributed by atoms with Gasteiger partial charge < -0.3 is 15.6 Å². The van der Waals surface area contributed by atoms with Crippen molar-refractivity contribution < 1.29 is 14.6 Å². The molecule has 0 aromatic rings. The van der Waals surface area contributed by atoms with Crippen molar-refractivity contribution in [3.05, 3.63) is 0 Å². The van der Waals surface area contributed by atoms with E-state index in [1.165, 1.54) is 6.92 Å². The summed E-state index contributed by atoms with van der Waals surface area (Å²) in [6.45, 7) is 1.28. The summed E-state index contributed by atoms with van der Waals surface area (Å²) in [4.78, 5) is 11.3. The highest BCUT2D eigenvalue weighted by Gasteiger charge is 2.32. The van der Waals surface area contributed by atoms with Gasteiger partial charge in [-0.15, -0.1) is 0 Å². The number of esters is 1. The van der Waals surface area contributed by atoms with Crippen molar-refractivity contribution in [1.29, 1.82) is 0 Å². The van der Waals surface area contributed by atoms with E-state index in [1.54, 1.807) is 0 Å². The van der Waals surface area contributed by atoms with Crippen molar-refractivity contribution in [1.82, 2.24) is 0 Å². The molecule has 1 saturated carbocycles. The van der Waals surface area contributed by atoms with Crippen LogP contribution in [0.3, 0.4) is 0 Å². The molecule has 0 radical (unpaired) electrons. The lowest BCUT2D eigenvalue weighted by Gasteiger charge is -2.21. The molecule has 1 fully saturated rings. The number of rotatable bonds is 3. The summed E-state index contributed by atoms with van der Waals surface area (Å²) in [6.07, 6.45) is 4.01. The maximum absolute atomic E-state index is 11.3. The van der Waals surface area contributed by atoms with Crippen molar-refractivity contribution in [3.8, 4) is 0 Å². The Morgan fingerprint density at radius 1 is 1.62 bits per heavy atom. The molecule has 1 rings (SSSR count). The lowest BCUT2D eigenvalue weighted by atomic mass is 10.1. The number of hydrogen-bond donors (Lipinski definition) is 2. The normalized spacial score (nSPS) is 22.7. The summed E-state index contributed by atoms with van der Waals surface area (Å²) in [6, 6.07) is 0. The molecule has 4 heteroatoms. The third-order valence-electron chi connectivity index (χ3n) is 2.41. The molecule has 1 unspecified atom stereocenters. The fourth-order valence-corrected chi connectivity index (χ4v) is 1.37. The first kappa shape index (κ1) is 10.5. The van der Waals surface area contributed by atoms with E-state index in [-0.39, 0.29) is 12.6 Å². The Labute approximate surface area is 78.1 Å². The number of carbonyl (C=O) groups excluding carboxylic acids is 1. The van der Waals surface area contributed by atoms with Crippen molar-refractivity contribution in [2.75, 3.05) is 6.54 Å². The van der Waals surface area contributed by atoms with Gasteiger partial charge in [0.2, 0.25) is 0 Å². The second-order valence-electron chi connectivity index (χ2n) is 3.79. The van der Waals surface area contributed by atoms with E-state index in [0.29, 0.717) is 0 Å². The van der Waals surface area contributed by atoms with Gasteiger partial charge in [0.1, 0.15) is 6.10 Å². The lowest BCUT2D eigenvalue weighted by molar-refractivity contribution is -0.167. The van der Waals surface area contributed by atoms with Gasteiger partial charge in [-0.2, -0.15) is 0 Å². The standard InChI is InChI=1S/C9H17NO3/c1-9(12,6-10)8(11)13-7-4-2-3-5-7/h7,12H,2-6,10H2,1H3. The third-order valence-corrected chi connectivity index (χ3v) is 2.41. The van der Waals surface area contributed by atoms with Crippen molar-refractivity contribution in [3.63, 3.8) is 0 Å². The fourth-order valence-electron chi connectivity index (χ4n) is 1.37. The zero-order chi connectivity index (χ0) is 9.90. The number of carbonyl (C=O) groups is 1. The van der Waals surface area contributed by atoms with E-state index in [4.69, 9.17) is 10.5 Å². The maximum Gasteiger partial charge on any atom is 0.339 e. The van der Waals surface area contributed by atoms with Gasteiger partial charge in [-0.1, -0.05) is 0 Å². The van der Waals surface area contributed by atoms with Crippen molar-refractivity contribution >= 4 is 5.97 Å². The molecule has 1 aliphatic rings. The Kier molecular flexibility index (Phi) is 3.27. The minimum atomic E-state index is -1.53. The van der Waals surface area contributed by atoms with E-state index in [9.17, 15) is 9.90 Å². The molecule has 0 spiro atoms. The quantitative estimate of drug-likeness (QED) is 0.618. The number of nitrogens with two attached hydrogens (primary N) is 1. The molecule has 4 nitrogen and oxygen atoms in total. The van der Waals surface area contributed by atoms with Crippen LogP contribution in [0, 0.1) is 0 Å². The zero-order valence-corrected chi connectivity index (χ0v) is 7.95. The largest absolute Gasteiger partial charge is 0.460 e. The zero-order valence-electron chi connectivity index (χ0n) is 7.95. The second-order valence-corrected chi connectivity index (χ2v) is 3.79. The molecule has 0 aromatic carbocycles. The highest BCUT2D eigenvalue weighted by molar-refractivity contribution is 5.79. The molecule has 0 aliphatic heterocycles. The summed E-state index contributed by atoms with van der Waals surface area (Å²) >= 11 is 0. The average molecular weight is 187 g/mol. The topological polar surface area (TPSA) is 72.5 Å². The molecule has 0 bridgehead atoms. The van der Waals surface area contributed by atoms with Gasteiger partial charge in [0, 0.05) is 6.54 Å². The fraction of sp³-hybridized carbons (Fsp3) is 0.889. The second kappa shape index (κ2) is 4.07. The molecular weight excluding hydrogens is 170 g/mol. The van der Waals surface area contributed by atoms with Gasteiger partial charge in [0.15, 0.2) is 5.60 Å². The van der Waals surface area contributed by atoms with Crippen molar-refractivity contribution in [2.24, 2.45) is 5.73 Å². The SMILES string of the molecule is CC(O)(CN)C(=O)OC1CCCC1. The van der Waals surface area contributed by atoms with Crippen LogP contribution in [0.1, 0.15) is 32.6 Å². The van der Waals surface area contributed by atoms with Gasteiger partial charge in [-0.05, 0) is 32.6 Å². The minimum Gasteiger partial charge on any atom is -0.460 e. The van der Waals surface area contributed by atoms with Crippen LogP contribution in [0.5, 0.6) is 0 Å². The molecule has 0 amide bonds. The van der Waals surface area contributed by atoms with E-state index < -0.39 is 11.6 Å². The summed E-state index contributed by atoms with van der Waals surface area (Å²) in [7, 11) is 0. The van der Waals surface area contributed by atoms with Crippen LogP contribution in [0.2, 0.25) is 0 Å². The summed E-state index contributed by atoms with van der Waals surface area (Å²) in [5.74, 6) is -0.595. The van der Waals surface area contributed by atoms with E-state index in [0.717, 1.165) is 25.7 Å². The molecular formula is C9H17NO3. The van der Waals surface area contributed by atoms with Gasteiger partial charge in [0.25, 0.3) is 0 Å². The van der Waals surface area contributed by atoms with E-state index in [2.05, 4.69) is 0 Å². The van der Waals surface area contributed by atoms with Crippen molar-refractivity contribution in [2.45, 2.75) is 44.3 Å². The Bertz CT molecular complexity index is 185. The van der Waals surface area contributed by atoms with Crippen LogP contribution < -0.4 is 5.73 Å². The Hall–Kier alpha value is -0.610. The monoisotopic (exact) mass is 187 g/mol. The van der Waals surface area contributed by atoms with E-state index in [1.807, 2.05) is 0 Å². The average Bonchev–Trinajstić information content (AvgIpc) is 2.57. The third kappa shape index (κ3) is 2.67. The predicted octanol–water partition coefficient (Wildman–Crippen LogP) is 0.182. The number of hydrogen-bond acceptors (Lipinski definition) is 4. The molecule has 1 aliphatic carbocycles. The maximum atomic E-state index is 11.3. The molecule has 13 heavy (non-hydrogen) atoms. The van der Waals surface area contributed by atoms with Gasteiger partial charge in [-0.25, -0.2) is 4.79 Å². The van der Waals surface area contributed by atoms with Crippen LogP contribution in [0.4, 0.5) is 0 Å². The number of ether oxygens (including phenoxy) is 1. The first-order valence-electron chi connectivity index (χ1n) is 4.70. The van der Waals surface area contributed by atoms with Gasteiger partial charge in [-0.3, -0.25) is 0 Å². The lowest BCUT2D eigenvalue weighted by Crippen LogP contribution is -2.45. The van der Waals surface area contributed by atoms with Gasteiger partial charge >= 0.3 is 5.97 Å². The summed E-state index contributed by atoms with van der Waals surface area (Å²) in [5.41, 5.74) is 3.71. The highest BCUT2D eigenvalue weighted by atomic mass is 16.6. The molecule has 0 aromatic heterocycles. The summed E-state index contributed by atoms with van der Waals surface area (Å²) < 4.78 is 5.10. The van der Waals surface area contributed by atoms with Crippen LogP contribution in [-0.4, -0.2) is 29.3 Å². The summed E-state index contributed by atoms with van der Waals surface area (Å²) in [5, 5.41) is 9.45.